The molecule has 2 rings (SSSR count). The van der Waals surface area contributed by atoms with Crippen LogP contribution in [0.3, 0.4) is 0 Å². The Morgan fingerprint density at radius 2 is 2.11 bits per heavy atom. The highest BCUT2D eigenvalue weighted by atomic mass is 32.2. The van der Waals surface area contributed by atoms with Crippen LogP contribution in [-0.2, 0) is 10.5 Å². The molecule has 0 aliphatic carbocycles. The van der Waals surface area contributed by atoms with E-state index in [4.69, 9.17) is 5.11 Å². The summed E-state index contributed by atoms with van der Waals surface area (Å²) in [4.78, 5) is 11.1. The number of carboxylic acid groups (broad SMARTS) is 1. The van der Waals surface area contributed by atoms with Gasteiger partial charge in [-0.1, -0.05) is 30.3 Å². The third kappa shape index (κ3) is 2.68. The number of carbonyl (C=O) groups is 1. The summed E-state index contributed by atoms with van der Waals surface area (Å²) in [6, 6.07) is 10.1. The molecule has 2 N–H and O–H groups in total. The molecule has 1 aromatic rings. The Morgan fingerprint density at radius 3 is 2.67 bits per heavy atom. The van der Waals surface area contributed by atoms with E-state index >= 15 is 0 Å². The fourth-order valence-electron chi connectivity index (χ4n) is 1.76. The summed E-state index contributed by atoms with van der Waals surface area (Å²) in [6.45, 7) is 1.65. The summed E-state index contributed by atoms with van der Waals surface area (Å²) < 4.78 is 0. The van der Waals surface area contributed by atoms with E-state index < -0.39 is 11.5 Å². The first kappa shape index (κ1) is 13.0. The van der Waals surface area contributed by atoms with Gasteiger partial charge in [-0.25, -0.2) is 10.2 Å². The fourth-order valence-corrected chi connectivity index (χ4v) is 2.82. The minimum atomic E-state index is -1.01. The van der Waals surface area contributed by atoms with Crippen LogP contribution >= 0.6 is 11.8 Å². The maximum absolute atomic E-state index is 11.1. The van der Waals surface area contributed by atoms with Crippen molar-refractivity contribution >= 4 is 17.7 Å². The number of nitrogens with zero attached hydrogens (tertiary/aromatic N) is 1. The van der Waals surface area contributed by atoms with Gasteiger partial charge in [0.25, 0.3) is 0 Å². The van der Waals surface area contributed by atoms with Gasteiger partial charge >= 0.3 is 5.97 Å². The molecule has 1 aromatic carbocycles. The van der Waals surface area contributed by atoms with Crippen LogP contribution in [0.5, 0.6) is 0 Å². The summed E-state index contributed by atoms with van der Waals surface area (Å²) in [5.41, 5.74) is 3.15. The van der Waals surface area contributed by atoms with Crippen LogP contribution in [0.2, 0.25) is 0 Å². The maximum Gasteiger partial charge on any atom is 0.329 e. The summed E-state index contributed by atoms with van der Waals surface area (Å²) >= 11 is 1.63. The quantitative estimate of drug-likeness (QED) is 0.871. The van der Waals surface area contributed by atoms with Crippen molar-refractivity contribution in [3.8, 4) is 0 Å². The molecule has 1 heterocycles. The highest BCUT2D eigenvalue weighted by Crippen LogP contribution is 2.30. The van der Waals surface area contributed by atoms with Crippen molar-refractivity contribution in [2.24, 2.45) is 0 Å². The Morgan fingerprint density at radius 1 is 1.44 bits per heavy atom. The number of rotatable bonds is 4. The standard InChI is InChI=1S/C13H16N2O2S/c1-13(12(16)17)8-11(15(2)14-13)18-9-10-6-4-3-5-7-10/h3-8,14H,9H2,1-2H3,(H,16,17). The van der Waals surface area contributed by atoms with Gasteiger partial charge in [0, 0.05) is 12.8 Å². The fraction of sp³-hybridized carbons (Fsp3) is 0.308. The molecule has 5 heteroatoms. The van der Waals surface area contributed by atoms with Crippen LogP contribution in [0.1, 0.15) is 12.5 Å². The number of hydrogen-bond acceptors (Lipinski definition) is 4. The molecular weight excluding hydrogens is 248 g/mol. The molecule has 1 aliphatic heterocycles. The van der Waals surface area contributed by atoms with Crippen molar-refractivity contribution in [1.82, 2.24) is 10.4 Å². The van der Waals surface area contributed by atoms with Gasteiger partial charge in [-0.15, -0.1) is 11.8 Å². The van der Waals surface area contributed by atoms with E-state index in [2.05, 4.69) is 17.6 Å². The van der Waals surface area contributed by atoms with Crippen LogP contribution in [0, 0.1) is 0 Å². The van der Waals surface area contributed by atoms with Crippen molar-refractivity contribution in [3.63, 3.8) is 0 Å². The first-order valence-electron chi connectivity index (χ1n) is 5.66. The number of carboxylic acids is 1. The second-order valence-electron chi connectivity index (χ2n) is 4.44. The molecule has 1 aliphatic rings. The number of hydrazine groups is 1. The monoisotopic (exact) mass is 264 g/mol. The van der Waals surface area contributed by atoms with Crippen molar-refractivity contribution in [2.45, 2.75) is 18.2 Å². The van der Waals surface area contributed by atoms with Crippen molar-refractivity contribution in [2.75, 3.05) is 7.05 Å². The van der Waals surface area contributed by atoms with Gasteiger partial charge in [0.2, 0.25) is 0 Å². The van der Waals surface area contributed by atoms with Crippen LogP contribution in [0.15, 0.2) is 41.4 Å². The van der Waals surface area contributed by atoms with Crippen molar-refractivity contribution in [1.29, 1.82) is 0 Å². The average molecular weight is 264 g/mol. The zero-order chi connectivity index (χ0) is 13.2. The lowest BCUT2D eigenvalue weighted by Crippen LogP contribution is -2.48. The molecule has 0 radical (unpaired) electrons. The Balaban J connectivity index is 2.04. The molecule has 96 valence electrons. The zero-order valence-corrected chi connectivity index (χ0v) is 11.2. The molecule has 0 fully saturated rings. The van der Waals surface area contributed by atoms with Crippen LogP contribution in [-0.4, -0.2) is 28.7 Å². The topological polar surface area (TPSA) is 52.6 Å². The SMILES string of the molecule is CN1NC(C)(C(=O)O)C=C1SCc1ccccc1. The van der Waals surface area contributed by atoms with Crippen LogP contribution < -0.4 is 5.43 Å². The molecule has 0 amide bonds. The molecule has 0 spiro atoms. The Hall–Kier alpha value is -1.46. The lowest BCUT2D eigenvalue weighted by molar-refractivity contribution is -0.142. The van der Waals surface area contributed by atoms with Gasteiger partial charge in [-0.3, -0.25) is 0 Å². The van der Waals surface area contributed by atoms with E-state index in [1.54, 1.807) is 29.8 Å². The zero-order valence-electron chi connectivity index (χ0n) is 10.4. The average Bonchev–Trinajstić information content (AvgIpc) is 2.64. The van der Waals surface area contributed by atoms with Gasteiger partial charge in [-0.2, -0.15) is 0 Å². The maximum atomic E-state index is 11.1. The first-order chi connectivity index (χ1) is 8.51. The van der Waals surface area contributed by atoms with E-state index in [0.717, 1.165) is 10.8 Å². The van der Waals surface area contributed by atoms with Crippen LogP contribution in [0.25, 0.3) is 0 Å². The number of benzene rings is 1. The molecule has 0 aromatic heterocycles. The van der Waals surface area contributed by atoms with E-state index in [1.165, 1.54) is 5.56 Å². The summed E-state index contributed by atoms with van der Waals surface area (Å²) in [7, 11) is 1.83. The molecular formula is C13H16N2O2S. The molecule has 0 saturated carbocycles. The normalized spacial score (nSPS) is 23.0. The molecule has 1 unspecified atom stereocenters. The Kier molecular flexibility index (Phi) is 3.63. The summed E-state index contributed by atoms with van der Waals surface area (Å²) in [6.07, 6.45) is 1.75. The van der Waals surface area contributed by atoms with Crippen molar-refractivity contribution < 1.29 is 9.90 Å². The number of hydrogen-bond donors (Lipinski definition) is 2. The van der Waals surface area contributed by atoms with E-state index in [-0.39, 0.29) is 0 Å². The van der Waals surface area contributed by atoms with Gasteiger partial charge in [0.05, 0.1) is 5.03 Å². The van der Waals surface area contributed by atoms with Gasteiger partial charge in [0.1, 0.15) is 0 Å². The predicted octanol–water partition coefficient (Wildman–Crippen LogP) is 2.05. The minimum absolute atomic E-state index is 0.828. The molecule has 1 atom stereocenters. The highest BCUT2D eigenvalue weighted by molar-refractivity contribution is 8.02. The lowest BCUT2D eigenvalue weighted by Gasteiger charge is -2.21. The second kappa shape index (κ2) is 5.04. The van der Waals surface area contributed by atoms with E-state index in [1.807, 2.05) is 25.2 Å². The molecule has 18 heavy (non-hydrogen) atoms. The summed E-state index contributed by atoms with van der Waals surface area (Å²) in [5.74, 6) is -0.0429. The van der Waals surface area contributed by atoms with Gasteiger partial charge in [0.15, 0.2) is 5.54 Å². The number of thioether (sulfide) groups is 1. The van der Waals surface area contributed by atoms with Gasteiger partial charge in [-0.05, 0) is 18.6 Å². The Bertz CT molecular complexity index is 475. The number of nitrogens with one attached hydrogen (secondary N) is 1. The second-order valence-corrected chi connectivity index (χ2v) is 5.43. The van der Waals surface area contributed by atoms with Crippen LogP contribution in [0.4, 0.5) is 0 Å². The van der Waals surface area contributed by atoms with Gasteiger partial charge < -0.3 is 10.1 Å². The largest absolute Gasteiger partial charge is 0.480 e. The third-order valence-corrected chi connectivity index (χ3v) is 3.98. The number of aliphatic carboxylic acids is 1. The molecule has 0 saturated heterocycles. The lowest BCUT2D eigenvalue weighted by atomic mass is 10.1. The third-order valence-electron chi connectivity index (χ3n) is 2.82. The molecule has 0 bridgehead atoms. The smallest absolute Gasteiger partial charge is 0.329 e. The predicted molar refractivity (Wildman–Crippen MR) is 72.8 cm³/mol. The summed E-state index contributed by atoms with van der Waals surface area (Å²) in [5, 5.41) is 11.8. The first-order valence-corrected chi connectivity index (χ1v) is 6.64. The Labute approximate surface area is 111 Å². The minimum Gasteiger partial charge on any atom is -0.480 e. The highest BCUT2D eigenvalue weighted by Gasteiger charge is 2.38. The molecule has 4 nitrogen and oxygen atoms in total. The van der Waals surface area contributed by atoms with Crippen molar-refractivity contribution in [3.05, 3.63) is 47.0 Å². The van der Waals surface area contributed by atoms with E-state index in [0.29, 0.717) is 0 Å². The van der Waals surface area contributed by atoms with E-state index in [9.17, 15) is 4.79 Å².